The first-order valence-electron chi connectivity index (χ1n) is 13.0. The van der Waals surface area contributed by atoms with Crippen molar-refractivity contribution in [3.63, 3.8) is 0 Å². The minimum atomic E-state index is -0.157. The van der Waals surface area contributed by atoms with Crippen LogP contribution in [-0.4, -0.2) is 47.9 Å². The monoisotopic (exact) mass is 467 g/mol. The number of primary amides is 1. The molecule has 4 atom stereocenters. The number of benzene rings is 1. The van der Waals surface area contributed by atoms with Crippen LogP contribution in [0.1, 0.15) is 69.8 Å². The number of amides is 2. The van der Waals surface area contributed by atoms with Crippen LogP contribution in [-0.2, 0) is 16.1 Å². The average molecular weight is 468 g/mol. The summed E-state index contributed by atoms with van der Waals surface area (Å²) in [6.45, 7) is 1.68. The molecule has 4 aliphatic rings. The van der Waals surface area contributed by atoms with Gasteiger partial charge in [0, 0.05) is 24.7 Å². The van der Waals surface area contributed by atoms with Gasteiger partial charge in [0.2, 0.25) is 17.8 Å². The molecule has 0 aromatic heterocycles. The van der Waals surface area contributed by atoms with Gasteiger partial charge in [-0.05, 0) is 56.1 Å². The number of guanidine groups is 1. The highest BCUT2D eigenvalue weighted by atomic mass is 16.5. The van der Waals surface area contributed by atoms with Crippen molar-refractivity contribution in [3.8, 4) is 5.75 Å². The number of carbonyl (C=O) groups excluding carboxylic acids is 2. The Morgan fingerprint density at radius 1 is 1.15 bits per heavy atom. The molecular formula is C26H37N5O3. The fourth-order valence-corrected chi connectivity index (χ4v) is 6.13. The van der Waals surface area contributed by atoms with Crippen molar-refractivity contribution < 1.29 is 14.3 Å². The van der Waals surface area contributed by atoms with Crippen LogP contribution in [0.25, 0.3) is 0 Å². The van der Waals surface area contributed by atoms with Gasteiger partial charge in [-0.3, -0.25) is 14.9 Å². The van der Waals surface area contributed by atoms with Gasteiger partial charge in [-0.25, -0.2) is 4.99 Å². The Morgan fingerprint density at radius 3 is 2.91 bits per heavy atom. The molecule has 184 valence electrons. The molecular weight excluding hydrogens is 430 g/mol. The number of rotatable bonds is 9. The Kier molecular flexibility index (Phi) is 7.04. The Bertz CT molecular complexity index is 948. The Balaban J connectivity index is 1.04. The van der Waals surface area contributed by atoms with Crippen LogP contribution >= 0.6 is 0 Å². The van der Waals surface area contributed by atoms with E-state index in [0.29, 0.717) is 31.7 Å². The lowest BCUT2D eigenvalue weighted by atomic mass is 9.75. The molecule has 3 fully saturated rings. The second-order valence-electron chi connectivity index (χ2n) is 10.3. The smallest absolute Gasteiger partial charge is 0.246 e. The van der Waals surface area contributed by atoms with Crippen LogP contribution in [0.4, 0.5) is 5.69 Å². The van der Waals surface area contributed by atoms with Crippen molar-refractivity contribution in [2.75, 3.05) is 13.2 Å². The number of piperidine rings is 1. The zero-order valence-corrected chi connectivity index (χ0v) is 19.9. The van der Waals surface area contributed by atoms with Crippen molar-refractivity contribution in [2.24, 2.45) is 22.6 Å². The number of hydrogen-bond donors (Lipinski definition) is 3. The third-order valence-electron chi connectivity index (χ3n) is 7.99. The largest absolute Gasteiger partial charge is 0.494 e. The maximum atomic E-state index is 12.2. The number of nitrogens with two attached hydrogens (primary N) is 1. The molecule has 1 saturated carbocycles. The molecule has 1 aromatic rings. The first kappa shape index (κ1) is 23.1. The first-order chi connectivity index (χ1) is 16.6. The van der Waals surface area contributed by atoms with Crippen molar-refractivity contribution >= 4 is 23.5 Å². The maximum absolute atomic E-state index is 12.2. The highest BCUT2D eigenvalue weighted by Crippen LogP contribution is 2.35. The number of ether oxygens (including phenoxy) is 1. The first-order valence-corrected chi connectivity index (χ1v) is 13.0. The normalized spacial score (nSPS) is 26.6. The number of nitrogens with one attached hydrogen (secondary N) is 2. The van der Waals surface area contributed by atoms with Crippen molar-refractivity contribution in [1.82, 2.24) is 15.5 Å². The third-order valence-corrected chi connectivity index (χ3v) is 7.99. The van der Waals surface area contributed by atoms with E-state index >= 15 is 0 Å². The highest BCUT2D eigenvalue weighted by Gasteiger charge is 2.36. The number of hydrogen-bond acceptors (Lipinski definition) is 6. The maximum Gasteiger partial charge on any atom is 0.246 e. The molecule has 2 saturated heterocycles. The van der Waals surface area contributed by atoms with Gasteiger partial charge < -0.3 is 20.7 Å². The minimum absolute atomic E-state index is 0.0148. The molecule has 8 heteroatoms. The van der Waals surface area contributed by atoms with Crippen LogP contribution < -0.4 is 21.1 Å². The predicted octanol–water partition coefficient (Wildman–Crippen LogP) is 2.97. The second kappa shape index (κ2) is 10.3. The number of unbranched alkanes of at least 4 members (excludes halogenated alkanes) is 2. The molecule has 2 amide bonds. The van der Waals surface area contributed by atoms with E-state index in [9.17, 15) is 9.59 Å². The molecule has 4 N–H and O–H groups in total. The van der Waals surface area contributed by atoms with Gasteiger partial charge in [-0.2, -0.15) is 0 Å². The summed E-state index contributed by atoms with van der Waals surface area (Å²) < 4.78 is 5.96. The molecule has 34 heavy (non-hydrogen) atoms. The van der Waals surface area contributed by atoms with E-state index in [-0.39, 0.29) is 23.8 Å². The minimum Gasteiger partial charge on any atom is -0.494 e. The van der Waals surface area contributed by atoms with Gasteiger partial charge in [0.1, 0.15) is 12.3 Å². The fraction of sp³-hybridized carbons (Fsp3) is 0.654. The summed E-state index contributed by atoms with van der Waals surface area (Å²) in [6, 6.07) is 6.77. The molecule has 0 bridgehead atoms. The van der Waals surface area contributed by atoms with Crippen LogP contribution in [0.3, 0.4) is 0 Å². The average Bonchev–Trinajstić information content (AvgIpc) is 3.20. The van der Waals surface area contributed by atoms with Gasteiger partial charge in [-0.15, -0.1) is 0 Å². The van der Waals surface area contributed by atoms with Crippen molar-refractivity contribution in [2.45, 2.75) is 82.8 Å². The summed E-state index contributed by atoms with van der Waals surface area (Å²) >= 11 is 0. The van der Waals surface area contributed by atoms with Crippen LogP contribution in [0.5, 0.6) is 5.75 Å². The van der Waals surface area contributed by atoms with E-state index in [2.05, 4.69) is 15.6 Å². The molecule has 8 nitrogen and oxygen atoms in total. The lowest BCUT2D eigenvalue weighted by Gasteiger charge is -2.42. The Labute approximate surface area is 201 Å². The number of aliphatic imine (C=N–C) groups is 1. The molecule has 3 heterocycles. The summed E-state index contributed by atoms with van der Waals surface area (Å²) in [7, 11) is 0. The molecule has 0 radical (unpaired) electrons. The highest BCUT2D eigenvalue weighted by molar-refractivity contribution is 6.05. The molecule has 4 unspecified atom stereocenters. The molecule has 0 spiro atoms. The molecule has 1 aliphatic carbocycles. The van der Waals surface area contributed by atoms with Crippen molar-refractivity contribution in [3.05, 3.63) is 23.8 Å². The number of fused-ring (bicyclic) bond motifs is 3. The lowest BCUT2D eigenvalue weighted by Crippen LogP contribution is -2.54. The molecule has 1 aromatic carbocycles. The van der Waals surface area contributed by atoms with E-state index in [1.54, 1.807) is 0 Å². The Morgan fingerprint density at radius 2 is 2.03 bits per heavy atom. The van der Waals surface area contributed by atoms with Crippen molar-refractivity contribution in [1.29, 1.82) is 0 Å². The van der Waals surface area contributed by atoms with Gasteiger partial charge in [0.15, 0.2) is 0 Å². The van der Waals surface area contributed by atoms with Gasteiger partial charge in [-0.1, -0.05) is 31.7 Å². The standard InChI is InChI=1S/C26H37N5O3/c27-25(33)20(22-12-10-17-6-3-4-8-21(17)28-22)7-2-1-5-13-34-19-11-9-18-15-31-16-24(32)30-26(31)29-23(18)14-19/h9,11,14,17,20-22,28H,1-8,10,12-13,15-16H2,(H2,27,33)(H,29,30,32). The topological polar surface area (TPSA) is 109 Å². The fourth-order valence-electron chi connectivity index (χ4n) is 6.13. The summed E-state index contributed by atoms with van der Waals surface area (Å²) in [5, 5.41) is 6.58. The SMILES string of the molecule is NC(=O)C(CCCCCOc1ccc2c(c1)N=C1NC(=O)CN1C2)C1CCC2CCCCC2N1. The van der Waals surface area contributed by atoms with E-state index in [0.717, 1.165) is 55.0 Å². The number of nitrogens with zero attached hydrogens (tertiary/aromatic N) is 2. The van der Waals surface area contributed by atoms with E-state index < -0.39 is 0 Å². The van der Waals surface area contributed by atoms with Gasteiger partial charge in [0.25, 0.3) is 0 Å². The van der Waals surface area contributed by atoms with E-state index in [1.807, 2.05) is 23.1 Å². The molecule has 3 aliphatic heterocycles. The summed E-state index contributed by atoms with van der Waals surface area (Å²) in [5.41, 5.74) is 7.76. The van der Waals surface area contributed by atoms with E-state index in [4.69, 9.17) is 10.5 Å². The summed E-state index contributed by atoms with van der Waals surface area (Å²) in [5.74, 6) is 1.98. The van der Waals surface area contributed by atoms with Crippen LogP contribution in [0.2, 0.25) is 0 Å². The zero-order chi connectivity index (χ0) is 23.5. The zero-order valence-electron chi connectivity index (χ0n) is 19.9. The second-order valence-corrected chi connectivity index (χ2v) is 10.3. The lowest BCUT2D eigenvalue weighted by molar-refractivity contribution is -0.123. The predicted molar refractivity (Wildman–Crippen MR) is 131 cm³/mol. The summed E-state index contributed by atoms with van der Waals surface area (Å²) in [4.78, 5) is 30.3. The third kappa shape index (κ3) is 5.22. The van der Waals surface area contributed by atoms with Gasteiger partial charge >= 0.3 is 0 Å². The van der Waals surface area contributed by atoms with Crippen LogP contribution in [0.15, 0.2) is 23.2 Å². The summed E-state index contributed by atoms with van der Waals surface area (Å²) in [6.07, 6.45) is 11.3. The Hall–Kier alpha value is -2.61. The van der Waals surface area contributed by atoms with E-state index in [1.165, 1.54) is 32.1 Å². The molecule has 5 rings (SSSR count). The number of carbonyl (C=O) groups is 2. The quantitative estimate of drug-likeness (QED) is 0.484. The van der Waals surface area contributed by atoms with Crippen LogP contribution in [0, 0.1) is 11.8 Å². The van der Waals surface area contributed by atoms with Gasteiger partial charge in [0.05, 0.1) is 18.2 Å².